The number of hydrogen-bond donors (Lipinski definition) is 1. The van der Waals surface area contributed by atoms with Crippen molar-refractivity contribution < 1.29 is 23.9 Å². The van der Waals surface area contributed by atoms with Crippen molar-refractivity contribution >= 4 is 40.3 Å². The highest BCUT2D eigenvalue weighted by Gasteiger charge is 2.17. The first kappa shape index (κ1) is 18.1. The maximum atomic E-state index is 12.2. The Labute approximate surface area is 157 Å². The molecule has 8 nitrogen and oxygen atoms in total. The predicted octanol–water partition coefficient (Wildman–Crippen LogP) is 3.84. The number of carbonyl (C=O) groups excluding carboxylic acids is 1. The summed E-state index contributed by atoms with van der Waals surface area (Å²) >= 11 is 11.9. The molecule has 0 fully saturated rings. The van der Waals surface area contributed by atoms with Crippen molar-refractivity contribution in [2.24, 2.45) is 4.99 Å². The number of furan rings is 1. The minimum atomic E-state index is -0.961. The van der Waals surface area contributed by atoms with E-state index in [0.717, 1.165) is 12.4 Å². The van der Waals surface area contributed by atoms with Gasteiger partial charge in [0.2, 0.25) is 0 Å². The Bertz CT molecular complexity index is 1030. The van der Waals surface area contributed by atoms with Crippen LogP contribution in [0.15, 0.2) is 34.1 Å². The van der Waals surface area contributed by atoms with Crippen LogP contribution in [0.25, 0.3) is 11.0 Å². The molecule has 10 heteroatoms. The summed E-state index contributed by atoms with van der Waals surface area (Å²) in [5, 5.41) is 9.80. The Kier molecular flexibility index (Phi) is 5.06. The highest BCUT2D eigenvalue weighted by atomic mass is 35.5. The number of rotatable bonds is 3. The third-order valence-electron chi connectivity index (χ3n) is 3.43. The van der Waals surface area contributed by atoms with Gasteiger partial charge in [0.25, 0.3) is 5.88 Å². The van der Waals surface area contributed by atoms with Gasteiger partial charge in [-0.1, -0.05) is 30.1 Å². The number of aryl methyl sites for hydroxylation is 1. The van der Waals surface area contributed by atoms with E-state index in [2.05, 4.69) is 9.98 Å². The summed E-state index contributed by atoms with van der Waals surface area (Å²) < 4.78 is 16.7. The molecule has 0 unspecified atom stereocenters. The number of ether oxygens (including phenoxy) is 2. The summed E-state index contributed by atoms with van der Waals surface area (Å²) in [7, 11) is 1.46. The molecule has 0 radical (unpaired) electrons. The smallest absolute Gasteiger partial charge is 0.439 e. The summed E-state index contributed by atoms with van der Waals surface area (Å²) in [5.74, 6) is 1.11. The van der Waals surface area contributed by atoms with E-state index >= 15 is 0 Å². The van der Waals surface area contributed by atoms with Crippen molar-refractivity contribution in [3.8, 4) is 11.6 Å². The number of halogens is 2. The van der Waals surface area contributed by atoms with Crippen molar-refractivity contribution in [3.63, 3.8) is 0 Å². The van der Waals surface area contributed by atoms with E-state index in [1.807, 2.05) is 6.92 Å². The standard InChI is InChI=1S/C16H13Cl2N3O5/c1-3-8-4-9-12(5-19-15(24-2)14(9)25-8)26-16(22)20-13-10(17)6-21(23)7-11(13)18/h4-7,23H,3H2,1-2H3. The molecule has 1 amide bonds. The number of methoxy groups -OCH3 is 1. The van der Waals surface area contributed by atoms with Crippen LogP contribution in [0.1, 0.15) is 12.7 Å². The molecular formula is C16H13Cl2N3O5. The van der Waals surface area contributed by atoms with E-state index in [-0.39, 0.29) is 27.0 Å². The van der Waals surface area contributed by atoms with Gasteiger partial charge in [-0.3, -0.25) is 0 Å². The minimum absolute atomic E-state index is 0.0217. The Morgan fingerprint density at radius 2 is 2.08 bits per heavy atom. The molecule has 0 saturated carbocycles. The molecule has 0 saturated heterocycles. The third kappa shape index (κ3) is 3.47. The van der Waals surface area contributed by atoms with Crippen molar-refractivity contribution in [3.05, 3.63) is 45.8 Å². The molecule has 26 heavy (non-hydrogen) atoms. The maximum absolute atomic E-state index is 12.2. The van der Waals surface area contributed by atoms with Crippen LogP contribution < -0.4 is 14.8 Å². The number of aromatic nitrogens is 2. The average molecular weight is 398 g/mol. The van der Waals surface area contributed by atoms with Crippen molar-refractivity contribution in [1.82, 2.24) is 9.71 Å². The van der Waals surface area contributed by atoms with Crippen LogP contribution >= 0.6 is 23.2 Å². The molecule has 0 spiro atoms. The second-order valence-electron chi connectivity index (χ2n) is 5.10. The monoisotopic (exact) mass is 397 g/mol. The van der Waals surface area contributed by atoms with Gasteiger partial charge in [-0.15, -0.1) is 0 Å². The Morgan fingerprint density at radius 1 is 1.38 bits per heavy atom. The largest absolute Gasteiger partial charge is 0.478 e. The molecule has 3 aromatic rings. The SMILES string of the molecule is CCc1cc2c(OC(=O)N=c3c(Cl)cn(O)cc3Cl)cnc(OC)c2o1. The molecule has 136 valence electrons. The lowest BCUT2D eigenvalue weighted by Crippen LogP contribution is -2.14. The highest BCUT2D eigenvalue weighted by molar-refractivity contribution is 6.34. The van der Waals surface area contributed by atoms with E-state index in [0.29, 0.717) is 27.9 Å². The number of nitrogens with zero attached hydrogens (tertiary/aromatic N) is 3. The van der Waals surface area contributed by atoms with Gasteiger partial charge in [0.05, 0.1) is 41.1 Å². The second kappa shape index (κ2) is 7.27. The summed E-state index contributed by atoms with van der Waals surface area (Å²) in [6, 6.07) is 1.74. The van der Waals surface area contributed by atoms with Crippen molar-refractivity contribution in [2.45, 2.75) is 13.3 Å². The van der Waals surface area contributed by atoms with Gasteiger partial charge in [-0.05, 0) is 6.07 Å². The Balaban J connectivity index is 2.00. The molecule has 3 aromatic heterocycles. The molecule has 3 heterocycles. The quantitative estimate of drug-likeness (QED) is 0.673. The number of carbonyl (C=O) groups is 1. The van der Waals surface area contributed by atoms with Crippen LogP contribution in [0.4, 0.5) is 4.79 Å². The van der Waals surface area contributed by atoms with Gasteiger partial charge in [0, 0.05) is 6.42 Å². The van der Waals surface area contributed by atoms with E-state index in [9.17, 15) is 10.0 Å². The Hall–Kier alpha value is -2.71. The van der Waals surface area contributed by atoms with Gasteiger partial charge in [0.15, 0.2) is 11.3 Å². The molecule has 3 rings (SSSR count). The molecule has 0 atom stereocenters. The van der Waals surface area contributed by atoms with E-state index in [4.69, 9.17) is 37.1 Å². The summed E-state index contributed by atoms with van der Waals surface area (Å²) in [4.78, 5) is 20.0. The normalized spacial score (nSPS) is 10.8. The zero-order chi connectivity index (χ0) is 18.8. The number of amides is 1. The molecular weight excluding hydrogens is 385 g/mol. The van der Waals surface area contributed by atoms with Crippen LogP contribution in [0.5, 0.6) is 11.6 Å². The molecule has 0 bridgehead atoms. The fourth-order valence-corrected chi connectivity index (χ4v) is 2.79. The predicted molar refractivity (Wildman–Crippen MR) is 93.2 cm³/mol. The van der Waals surface area contributed by atoms with E-state index in [1.54, 1.807) is 6.07 Å². The summed E-state index contributed by atoms with van der Waals surface area (Å²) in [6.45, 7) is 1.92. The molecule has 0 aliphatic heterocycles. The number of pyridine rings is 2. The summed E-state index contributed by atoms with van der Waals surface area (Å²) in [6.07, 6.45) is 3.29. The molecule has 0 aliphatic rings. The minimum Gasteiger partial charge on any atom is -0.478 e. The summed E-state index contributed by atoms with van der Waals surface area (Å²) in [5.41, 5.74) is 0.367. The van der Waals surface area contributed by atoms with Gasteiger partial charge in [-0.2, -0.15) is 9.72 Å². The Morgan fingerprint density at radius 3 is 2.69 bits per heavy atom. The van der Waals surface area contributed by atoms with Crippen LogP contribution in [0.2, 0.25) is 10.0 Å². The zero-order valence-electron chi connectivity index (χ0n) is 13.7. The van der Waals surface area contributed by atoms with E-state index < -0.39 is 6.09 Å². The fourth-order valence-electron chi connectivity index (χ4n) is 2.25. The lowest BCUT2D eigenvalue weighted by molar-refractivity contribution is 0.184. The first-order valence-corrected chi connectivity index (χ1v) is 8.17. The fraction of sp³-hybridized carbons (Fsp3) is 0.188. The van der Waals surface area contributed by atoms with Crippen molar-refractivity contribution in [2.75, 3.05) is 7.11 Å². The van der Waals surface area contributed by atoms with Gasteiger partial charge in [0.1, 0.15) is 11.1 Å². The first-order chi connectivity index (χ1) is 12.4. The molecule has 0 aliphatic carbocycles. The number of hydrogen-bond acceptors (Lipinski definition) is 6. The van der Waals surface area contributed by atoms with Crippen molar-refractivity contribution in [1.29, 1.82) is 0 Å². The number of fused-ring (bicyclic) bond motifs is 1. The third-order valence-corrected chi connectivity index (χ3v) is 3.98. The van der Waals surface area contributed by atoms with Crippen LogP contribution in [0.3, 0.4) is 0 Å². The lowest BCUT2D eigenvalue weighted by Gasteiger charge is -2.05. The zero-order valence-corrected chi connectivity index (χ0v) is 15.2. The van der Waals surface area contributed by atoms with Crippen LogP contribution in [-0.4, -0.2) is 28.1 Å². The van der Waals surface area contributed by atoms with Gasteiger partial charge < -0.3 is 19.1 Å². The topological polar surface area (TPSA) is 99.1 Å². The molecule has 0 aromatic carbocycles. The van der Waals surface area contributed by atoms with E-state index in [1.165, 1.54) is 13.3 Å². The van der Waals surface area contributed by atoms with Gasteiger partial charge in [-0.25, -0.2) is 9.78 Å². The highest BCUT2D eigenvalue weighted by Crippen LogP contribution is 2.34. The maximum Gasteiger partial charge on any atom is 0.439 e. The van der Waals surface area contributed by atoms with Crippen LogP contribution in [-0.2, 0) is 6.42 Å². The molecule has 1 N–H and O–H groups in total. The average Bonchev–Trinajstić information content (AvgIpc) is 3.03. The van der Waals surface area contributed by atoms with Crippen LogP contribution in [0, 0.1) is 0 Å². The van der Waals surface area contributed by atoms with Gasteiger partial charge >= 0.3 is 6.09 Å². The lowest BCUT2D eigenvalue weighted by atomic mass is 10.2. The second-order valence-corrected chi connectivity index (χ2v) is 5.92. The first-order valence-electron chi connectivity index (χ1n) is 7.41.